The number of H-pyrrole nitrogens is 2. The van der Waals surface area contributed by atoms with Crippen molar-refractivity contribution in [2.45, 2.75) is 13.0 Å². The van der Waals surface area contributed by atoms with Crippen LogP contribution in [0.2, 0.25) is 0 Å². The highest BCUT2D eigenvalue weighted by atomic mass is 15.2. The van der Waals surface area contributed by atoms with Crippen LogP contribution in [-0.4, -0.2) is 47.9 Å². The standard InChI is InChI=1S/C20H21N7/c1-26-12-16(10-24-26)19-15(9-23-25-19)13-27-7-4-14(5-8-27)18-11-22-20-17(18)3-2-6-21-20/h2-4,6,9-12H,5,7-8,13H2,1H3,(H,21,22)(H,23,25). The fourth-order valence-electron chi connectivity index (χ4n) is 3.79. The summed E-state index contributed by atoms with van der Waals surface area (Å²) in [7, 11) is 1.93. The normalized spacial score (nSPS) is 15.4. The first-order chi connectivity index (χ1) is 13.3. The van der Waals surface area contributed by atoms with E-state index in [1.165, 1.54) is 22.1 Å². The minimum atomic E-state index is 0.875. The number of nitrogens with one attached hydrogen (secondary N) is 2. The van der Waals surface area contributed by atoms with Crippen molar-refractivity contribution in [2.24, 2.45) is 7.05 Å². The van der Waals surface area contributed by atoms with Gasteiger partial charge in [0, 0.05) is 67.3 Å². The third-order valence-corrected chi connectivity index (χ3v) is 5.20. The van der Waals surface area contributed by atoms with Crippen LogP contribution in [0.15, 0.2) is 49.2 Å². The molecular weight excluding hydrogens is 338 g/mol. The highest BCUT2D eigenvalue weighted by molar-refractivity contribution is 5.90. The third kappa shape index (κ3) is 2.96. The number of fused-ring (bicyclic) bond motifs is 1. The van der Waals surface area contributed by atoms with Crippen LogP contribution >= 0.6 is 0 Å². The number of hydrogen-bond acceptors (Lipinski definition) is 4. The Labute approximate surface area is 156 Å². The summed E-state index contributed by atoms with van der Waals surface area (Å²) in [4.78, 5) is 10.1. The summed E-state index contributed by atoms with van der Waals surface area (Å²) in [6, 6.07) is 4.13. The van der Waals surface area contributed by atoms with Crippen molar-refractivity contribution in [3.05, 3.63) is 60.3 Å². The third-order valence-electron chi connectivity index (χ3n) is 5.20. The monoisotopic (exact) mass is 359 g/mol. The van der Waals surface area contributed by atoms with E-state index in [9.17, 15) is 0 Å². The van der Waals surface area contributed by atoms with E-state index < -0.39 is 0 Å². The van der Waals surface area contributed by atoms with Crippen LogP contribution in [0.25, 0.3) is 27.9 Å². The molecule has 0 bridgehead atoms. The largest absolute Gasteiger partial charge is 0.346 e. The average molecular weight is 359 g/mol. The van der Waals surface area contributed by atoms with Gasteiger partial charge in [0.15, 0.2) is 0 Å². The van der Waals surface area contributed by atoms with Crippen molar-refractivity contribution in [1.82, 2.24) is 34.8 Å². The van der Waals surface area contributed by atoms with Gasteiger partial charge in [-0.1, -0.05) is 6.08 Å². The fraction of sp³-hybridized carbons (Fsp3) is 0.250. The summed E-state index contributed by atoms with van der Waals surface area (Å²) in [6.45, 7) is 2.83. The summed E-state index contributed by atoms with van der Waals surface area (Å²) in [5.41, 5.74) is 6.96. The Bertz CT molecular complexity index is 1110. The molecule has 7 nitrogen and oxygen atoms in total. The molecule has 5 rings (SSSR count). The molecular formula is C20H21N7. The second-order valence-corrected chi connectivity index (χ2v) is 6.99. The highest BCUT2D eigenvalue weighted by Gasteiger charge is 2.18. The molecule has 0 saturated heterocycles. The lowest BCUT2D eigenvalue weighted by Gasteiger charge is -2.26. The van der Waals surface area contributed by atoms with Gasteiger partial charge in [-0.05, 0) is 24.1 Å². The smallest absolute Gasteiger partial charge is 0.137 e. The predicted molar refractivity (Wildman–Crippen MR) is 105 cm³/mol. The van der Waals surface area contributed by atoms with Crippen molar-refractivity contribution >= 4 is 16.6 Å². The Morgan fingerprint density at radius 2 is 2.22 bits per heavy atom. The summed E-state index contributed by atoms with van der Waals surface area (Å²) in [6.07, 6.45) is 13.1. The molecule has 0 fully saturated rings. The zero-order valence-electron chi connectivity index (χ0n) is 15.2. The molecule has 0 atom stereocenters. The van der Waals surface area contributed by atoms with Crippen LogP contribution in [0.4, 0.5) is 0 Å². The number of aromatic nitrogens is 6. The Morgan fingerprint density at radius 1 is 1.26 bits per heavy atom. The molecule has 0 spiro atoms. The molecule has 1 aliphatic heterocycles. The van der Waals surface area contributed by atoms with Crippen LogP contribution in [-0.2, 0) is 13.6 Å². The molecule has 7 heteroatoms. The van der Waals surface area contributed by atoms with E-state index in [1.54, 1.807) is 0 Å². The Morgan fingerprint density at radius 3 is 3.04 bits per heavy atom. The van der Waals surface area contributed by atoms with Crippen LogP contribution in [0.3, 0.4) is 0 Å². The SMILES string of the molecule is Cn1cc(-c2[nH]ncc2CN2CC=C(c3c[nH]c4ncccc34)CC2)cn1. The van der Waals surface area contributed by atoms with Gasteiger partial charge in [-0.3, -0.25) is 14.7 Å². The summed E-state index contributed by atoms with van der Waals surface area (Å²) in [5, 5.41) is 12.8. The Hall–Kier alpha value is -3.19. The number of aromatic amines is 2. The van der Waals surface area contributed by atoms with E-state index in [1.807, 2.05) is 42.6 Å². The number of hydrogen-bond donors (Lipinski definition) is 2. The molecule has 4 aromatic rings. The lowest BCUT2D eigenvalue weighted by Crippen LogP contribution is -2.28. The second-order valence-electron chi connectivity index (χ2n) is 6.99. The van der Waals surface area contributed by atoms with Crippen molar-refractivity contribution in [2.75, 3.05) is 13.1 Å². The molecule has 1 aliphatic rings. The molecule has 5 heterocycles. The number of nitrogens with zero attached hydrogens (tertiary/aromatic N) is 5. The zero-order chi connectivity index (χ0) is 18.2. The van der Waals surface area contributed by atoms with Gasteiger partial charge in [-0.25, -0.2) is 4.98 Å². The van der Waals surface area contributed by atoms with Crippen LogP contribution in [0.1, 0.15) is 17.5 Å². The van der Waals surface area contributed by atoms with E-state index in [0.717, 1.165) is 43.0 Å². The predicted octanol–water partition coefficient (Wildman–Crippen LogP) is 2.98. The number of pyridine rings is 1. The van der Waals surface area contributed by atoms with Gasteiger partial charge in [0.2, 0.25) is 0 Å². The maximum Gasteiger partial charge on any atom is 0.137 e. The van der Waals surface area contributed by atoms with Gasteiger partial charge in [0.25, 0.3) is 0 Å². The fourth-order valence-corrected chi connectivity index (χ4v) is 3.79. The van der Waals surface area contributed by atoms with Gasteiger partial charge in [-0.15, -0.1) is 0 Å². The van der Waals surface area contributed by atoms with E-state index in [2.05, 4.69) is 48.5 Å². The van der Waals surface area contributed by atoms with E-state index in [0.29, 0.717) is 0 Å². The zero-order valence-corrected chi connectivity index (χ0v) is 15.2. The molecule has 0 unspecified atom stereocenters. The number of rotatable bonds is 4. The van der Waals surface area contributed by atoms with Crippen molar-refractivity contribution in [3.8, 4) is 11.3 Å². The van der Waals surface area contributed by atoms with Gasteiger partial charge >= 0.3 is 0 Å². The molecule has 2 N–H and O–H groups in total. The molecule has 0 aromatic carbocycles. The minimum Gasteiger partial charge on any atom is -0.346 e. The van der Waals surface area contributed by atoms with Gasteiger partial charge in [0.05, 0.1) is 18.1 Å². The lowest BCUT2D eigenvalue weighted by molar-refractivity contribution is 0.294. The molecule has 4 aromatic heterocycles. The first-order valence-electron chi connectivity index (χ1n) is 9.13. The maximum absolute atomic E-state index is 4.39. The summed E-state index contributed by atoms with van der Waals surface area (Å²) < 4.78 is 1.81. The maximum atomic E-state index is 4.39. The van der Waals surface area contributed by atoms with E-state index in [-0.39, 0.29) is 0 Å². The van der Waals surface area contributed by atoms with Crippen molar-refractivity contribution < 1.29 is 0 Å². The molecule has 136 valence electrons. The minimum absolute atomic E-state index is 0.875. The summed E-state index contributed by atoms with van der Waals surface area (Å²) in [5.74, 6) is 0. The number of aryl methyl sites for hydroxylation is 1. The Balaban J connectivity index is 1.33. The highest BCUT2D eigenvalue weighted by Crippen LogP contribution is 2.29. The summed E-state index contributed by atoms with van der Waals surface area (Å²) >= 11 is 0. The quantitative estimate of drug-likeness (QED) is 0.587. The van der Waals surface area contributed by atoms with Crippen LogP contribution in [0.5, 0.6) is 0 Å². The van der Waals surface area contributed by atoms with Crippen LogP contribution in [0, 0.1) is 0 Å². The van der Waals surface area contributed by atoms with Crippen molar-refractivity contribution in [3.63, 3.8) is 0 Å². The van der Waals surface area contributed by atoms with Gasteiger partial charge in [0.1, 0.15) is 5.65 Å². The van der Waals surface area contributed by atoms with Crippen LogP contribution < -0.4 is 0 Å². The Kier molecular flexibility index (Phi) is 3.86. The lowest BCUT2D eigenvalue weighted by atomic mass is 9.99. The topological polar surface area (TPSA) is 78.4 Å². The molecule has 0 aliphatic carbocycles. The molecule has 27 heavy (non-hydrogen) atoms. The molecule has 0 saturated carbocycles. The van der Waals surface area contributed by atoms with E-state index in [4.69, 9.17) is 0 Å². The first-order valence-corrected chi connectivity index (χ1v) is 9.13. The first kappa shape index (κ1) is 16.0. The second kappa shape index (κ2) is 6.51. The van der Waals surface area contributed by atoms with Gasteiger partial charge < -0.3 is 4.98 Å². The molecule has 0 radical (unpaired) electrons. The average Bonchev–Trinajstić information content (AvgIpc) is 3.42. The van der Waals surface area contributed by atoms with Crippen molar-refractivity contribution in [1.29, 1.82) is 0 Å². The van der Waals surface area contributed by atoms with E-state index >= 15 is 0 Å². The molecule has 0 amide bonds. The van der Waals surface area contributed by atoms with Gasteiger partial charge in [-0.2, -0.15) is 10.2 Å².